The highest BCUT2D eigenvalue weighted by atomic mass is 19.1. The number of amides is 1. The number of halogens is 1. The molecule has 3 heterocycles. The van der Waals surface area contributed by atoms with Gasteiger partial charge in [-0.15, -0.1) is 0 Å². The Morgan fingerprint density at radius 2 is 1.92 bits per heavy atom. The molecule has 1 saturated heterocycles. The fourth-order valence-corrected chi connectivity index (χ4v) is 5.89. The van der Waals surface area contributed by atoms with Crippen molar-refractivity contribution in [1.82, 2.24) is 19.4 Å². The van der Waals surface area contributed by atoms with Gasteiger partial charge in [0.05, 0.1) is 5.92 Å². The highest BCUT2D eigenvalue weighted by molar-refractivity contribution is 5.86. The molecule has 196 valence electrons. The van der Waals surface area contributed by atoms with Gasteiger partial charge in [0.2, 0.25) is 5.91 Å². The van der Waals surface area contributed by atoms with E-state index in [9.17, 15) is 14.0 Å². The zero-order chi connectivity index (χ0) is 26.2. The Kier molecular flexibility index (Phi) is 6.62. The number of aromatic nitrogens is 2. The molecule has 0 radical (unpaired) electrons. The Hall–Kier alpha value is -3.71. The van der Waals surface area contributed by atoms with Crippen molar-refractivity contribution in [3.8, 4) is 0 Å². The van der Waals surface area contributed by atoms with E-state index in [0.29, 0.717) is 19.6 Å². The zero-order valence-electron chi connectivity index (χ0n) is 21.6. The quantitative estimate of drug-likeness (QED) is 0.399. The van der Waals surface area contributed by atoms with E-state index >= 15 is 0 Å². The maximum atomic E-state index is 14.1. The van der Waals surface area contributed by atoms with E-state index in [1.165, 1.54) is 6.07 Å². The first-order chi connectivity index (χ1) is 18.5. The Morgan fingerprint density at radius 3 is 2.71 bits per heavy atom. The van der Waals surface area contributed by atoms with Crippen LogP contribution in [0.2, 0.25) is 0 Å². The maximum absolute atomic E-state index is 14.1. The molecule has 1 N–H and O–H groups in total. The number of hydrogen-bond acceptors (Lipinski definition) is 3. The highest BCUT2D eigenvalue weighted by Crippen LogP contribution is 2.36. The second-order valence-corrected chi connectivity index (χ2v) is 10.7. The lowest BCUT2D eigenvalue weighted by Crippen LogP contribution is -2.47. The highest BCUT2D eigenvalue weighted by Gasteiger charge is 2.40. The molecular formula is C31H33FN4O2. The van der Waals surface area contributed by atoms with Crippen molar-refractivity contribution < 1.29 is 9.18 Å². The fourth-order valence-electron chi connectivity index (χ4n) is 5.89. The number of hydrogen-bond donors (Lipinski definition) is 1. The first kappa shape index (κ1) is 24.6. The predicted molar refractivity (Wildman–Crippen MR) is 146 cm³/mol. The number of para-hydroxylation sites is 1. The van der Waals surface area contributed by atoms with E-state index in [-0.39, 0.29) is 35.2 Å². The number of nitrogens with zero attached hydrogens (tertiary/aromatic N) is 3. The molecule has 2 atom stereocenters. The van der Waals surface area contributed by atoms with E-state index in [1.807, 2.05) is 24.3 Å². The van der Waals surface area contributed by atoms with Crippen molar-refractivity contribution in [3.63, 3.8) is 0 Å². The lowest BCUT2D eigenvalue weighted by atomic mass is 9.80. The molecule has 1 aliphatic carbocycles. The summed E-state index contributed by atoms with van der Waals surface area (Å²) in [6, 6.07) is 18.9. The number of carbonyl (C=O) groups is 1. The second kappa shape index (κ2) is 10.2. The normalized spacial score (nSPS) is 19.5. The molecule has 0 unspecified atom stereocenters. The number of nitrogens with one attached hydrogen (secondary N) is 1. The molecule has 6 rings (SSSR count). The van der Waals surface area contributed by atoms with Crippen molar-refractivity contribution in [1.29, 1.82) is 0 Å². The molecule has 1 aliphatic heterocycles. The summed E-state index contributed by atoms with van der Waals surface area (Å²) in [5.41, 5.74) is 3.99. The van der Waals surface area contributed by atoms with Crippen LogP contribution in [0.25, 0.3) is 10.9 Å². The Morgan fingerprint density at radius 1 is 1.08 bits per heavy atom. The van der Waals surface area contributed by atoms with Crippen LogP contribution in [0.5, 0.6) is 0 Å². The van der Waals surface area contributed by atoms with E-state index in [4.69, 9.17) is 0 Å². The third-order valence-corrected chi connectivity index (χ3v) is 8.08. The molecule has 0 spiro atoms. The predicted octanol–water partition coefficient (Wildman–Crippen LogP) is 4.41. The molecule has 1 saturated carbocycles. The number of benzene rings is 2. The Balaban J connectivity index is 1.30. The summed E-state index contributed by atoms with van der Waals surface area (Å²) in [7, 11) is 1.75. The summed E-state index contributed by atoms with van der Waals surface area (Å²) in [6.07, 6.45) is 6.78. The van der Waals surface area contributed by atoms with Crippen LogP contribution in [0.4, 0.5) is 4.39 Å². The number of rotatable bonds is 7. The van der Waals surface area contributed by atoms with E-state index in [2.05, 4.69) is 33.1 Å². The second-order valence-electron chi connectivity index (χ2n) is 10.7. The van der Waals surface area contributed by atoms with Gasteiger partial charge in [-0.05, 0) is 72.7 Å². The van der Waals surface area contributed by atoms with Crippen molar-refractivity contribution in [2.24, 2.45) is 13.0 Å². The van der Waals surface area contributed by atoms with Crippen molar-refractivity contribution >= 4 is 16.8 Å². The van der Waals surface area contributed by atoms with Gasteiger partial charge in [0.25, 0.3) is 5.56 Å². The first-order valence-electron chi connectivity index (χ1n) is 13.5. The van der Waals surface area contributed by atoms with Crippen LogP contribution in [0.15, 0.2) is 77.9 Å². The zero-order valence-corrected chi connectivity index (χ0v) is 21.6. The monoisotopic (exact) mass is 512 g/mol. The van der Waals surface area contributed by atoms with Gasteiger partial charge in [-0.3, -0.25) is 9.59 Å². The van der Waals surface area contributed by atoms with Gasteiger partial charge >= 0.3 is 0 Å². The fraction of sp³-hybridized carbons (Fsp3) is 0.355. The Labute approximate surface area is 221 Å². The number of piperidine rings is 1. The van der Waals surface area contributed by atoms with Crippen LogP contribution in [-0.4, -0.2) is 39.1 Å². The molecule has 38 heavy (non-hydrogen) atoms. The molecule has 2 aromatic heterocycles. The average molecular weight is 513 g/mol. The largest absolute Gasteiger partial charge is 0.343 e. The summed E-state index contributed by atoms with van der Waals surface area (Å²) < 4.78 is 17.6. The van der Waals surface area contributed by atoms with Crippen LogP contribution < -0.4 is 10.9 Å². The van der Waals surface area contributed by atoms with E-state index in [0.717, 1.165) is 53.4 Å². The van der Waals surface area contributed by atoms with Crippen LogP contribution in [0.1, 0.15) is 41.9 Å². The summed E-state index contributed by atoms with van der Waals surface area (Å²) in [4.78, 5) is 28.6. The molecule has 6 nitrogen and oxygen atoms in total. The molecule has 2 aliphatic rings. The minimum absolute atomic E-state index is 0.0215. The smallest absolute Gasteiger partial charge is 0.250 e. The number of carbonyl (C=O) groups excluding carboxylic acids is 1. The van der Waals surface area contributed by atoms with E-state index in [1.54, 1.807) is 36.0 Å². The third kappa shape index (κ3) is 4.90. The number of fused-ring (bicyclic) bond motifs is 1. The molecule has 0 bridgehead atoms. The maximum Gasteiger partial charge on any atom is 0.250 e. The summed E-state index contributed by atoms with van der Waals surface area (Å²) >= 11 is 0. The lowest BCUT2D eigenvalue weighted by molar-refractivity contribution is -0.138. The summed E-state index contributed by atoms with van der Waals surface area (Å²) in [5.74, 6) is -0.269. The topological polar surface area (TPSA) is 59.3 Å². The van der Waals surface area contributed by atoms with Crippen LogP contribution in [0.3, 0.4) is 0 Å². The minimum Gasteiger partial charge on any atom is -0.343 e. The van der Waals surface area contributed by atoms with Gasteiger partial charge in [-0.25, -0.2) is 4.39 Å². The van der Waals surface area contributed by atoms with Gasteiger partial charge in [0.1, 0.15) is 5.82 Å². The number of aryl methyl sites for hydroxylation is 1. The minimum atomic E-state index is -0.239. The summed E-state index contributed by atoms with van der Waals surface area (Å²) in [6.45, 7) is 2.55. The average Bonchev–Trinajstić information content (AvgIpc) is 3.72. The van der Waals surface area contributed by atoms with Crippen LogP contribution in [-0.2, 0) is 24.9 Å². The molecule has 2 fully saturated rings. The molecule has 4 aromatic rings. The van der Waals surface area contributed by atoms with Gasteiger partial charge in [0, 0.05) is 62.1 Å². The van der Waals surface area contributed by atoms with Gasteiger partial charge in [-0.1, -0.05) is 30.3 Å². The van der Waals surface area contributed by atoms with Crippen molar-refractivity contribution in [2.45, 2.75) is 44.3 Å². The molecule has 1 amide bonds. The molecule has 7 heteroatoms. The standard InChI is InChI=1S/C31H33FN4O2/c1-34-14-12-22(16-30(34)37)26-11-13-33-17-28(26)31(38)36(25-9-10-25)20-23-19-35(29-8-3-2-7-27(23)29)18-21-5-4-6-24(32)15-21/h2-8,12,14-16,19,25-26,28,33H,9-11,13,17-18,20H2,1H3/t26-,28+/m0/s1. The summed E-state index contributed by atoms with van der Waals surface area (Å²) in [5, 5.41) is 4.54. The van der Waals surface area contributed by atoms with Gasteiger partial charge in [0.15, 0.2) is 0 Å². The van der Waals surface area contributed by atoms with Gasteiger partial charge in [-0.2, -0.15) is 0 Å². The lowest BCUT2D eigenvalue weighted by Gasteiger charge is -2.35. The molecular weight excluding hydrogens is 479 g/mol. The third-order valence-electron chi connectivity index (χ3n) is 8.08. The first-order valence-corrected chi connectivity index (χ1v) is 13.5. The van der Waals surface area contributed by atoms with Crippen LogP contribution in [0, 0.1) is 11.7 Å². The van der Waals surface area contributed by atoms with Crippen molar-refractivity contribution in [3.05, 3.63) is 106 Å². The van der Waals surface area contributed by atoms with Crippen molar-refractivity contribution in [2.75, 3.05) is 13.1 Å². The SMILES string of the molecule is Cn1ccc([C@@H]2CCNC[C@H]2C(=O)N(Cc2cn(Cc3cccc(F)c3)c3ccccc23)C2CC2)cc1=O. The van der Waals surface area contributed by atoms with E-state index < -0.39 is 0 Å². The Bertz CT molecular complexity index is 1540. The number of pyridine rings is 1. The molecule has 2 aromatic carbocycles. The van der Waals surface area contributed by atoms with Gasteiger partial charge < -0.3 is 19.4 Å². The van der Waals surface area contributed by atoms with Crippen LogP contribution >= 0.6 is 0 Å².